The van der Waals surface area contributed by atoms with E-state index in [1.54, 1.807) is 53.9 Å². The maximum Gasteiger partial charge on any atom is 0.251 e. The SMILES string of the molecule is CNC(=O)c1ccc(NCC(=O)I)cc1. The van der Waals surface area contributed by atoms with Crippen molar-refractivity contribution in [2.24, 2.45) is 0 Å². The molecule has 0 atom stereocenters. The van der Waals surface area contributed by atoms with E-state index >= 15 is 0 Å². The van der Waals surface area contributed by atoms with Gasteiger partial charge in [0.25, 0.3) is 5.91 Å². The highest BCUT2D eigenvalue weighted by Crippen LogP contribution is 2.09. The average Bonchev–Trinajstić information content (AvgIpc) is 2.26. The van der Waals surface area contributed by atoms with E-state index in [4.69, 9.17) is 0 Å². The van der Waals surface area contributed by atoms with Crippen molar-refractivity contribution in [3.8, 4) is 0 Å². The first-order chi connectivity index (χ1) is 7.13. The van der Waals surface area contributed by atoms with Crippen molar-refractivity contribution in [3.63, 3.8) is 0 Å². The van der Waals surface area contributed by atoms with Gasteiger partial charge in [0.05, 0.1) is 6.54 Å². The molecule has 0 spiro atoms. The molecule has 0 fully saturated rings. The molecule has 1 amide bonds. The number of carbonyl (C=O) groups excluding carboxylic acids is 2. The van der Waals surface area contributed by atoms with Crippen molar-refractivity contribution >= 4 is 38.0 Å². The molecule has 0 saturated heterocycles. The Morgan fingerprint density at radius 3 is 2.33 bits per heavy atom. The Morgan fingerprint density at radius 2 is 1.87 bits per heavy atom. The summed E-state index contributed by atoms with van der Waals surface area (Å²) in [4.78, 5) is 21.9. The number of hydrogen-bond acceptors (Lipinski definition) is 3. The molecular formula is C10H11IN2O2. The minimum Gasteiger partial charge on any atom is -0.377 e. The molecule has 1 aromatic rings. The smallest absolute Gasteiger partial charge is 0.251 e. The van der Waals surface area contributed by atoms with Crippen LogP contribution < -0.4 is 10.6 Å². The second-order valence-electron chi connectivity index (χ2n) is 2.87. The molecule has 1 rings (SSSR count). The molecule has 0 unspecified atom stereocenters. The van der Waals surface area contributed by atoms with Gasteiger partial charge in [-0.3, -0.25) is 9.59 Å². The van der Waals surface area contributed by atoms with E-state index in [0.717, 1.165) is 5.69 Å². The molecule has 0 aromatic heterocycles. The lowest BCUT2D eigenvalue weighted by molar-refractivity contribution is -0.108. The number of hydrogen-bond donors (Lipinski definition) is 2. The van der Waals surface area contributed by atoms with E-state index in [2.05, 4.69) is 10.6 Å². The molecule has 4 nitrogen and oxygen atoms in total. The largest absolute Gasteiger partial charge is 0.377 e. The first-order valence-electron chi connectivity index (χ1n) is 4.38. The molecule has 0 heterocycles. The number of amides is 1. The van der Waals surface area contributed by atoms with Crippen LogP contribution >= 0.6 is 22.6 Å². The number of nitrogens with one attached hydrogen (secondary N) is 2. The van der Waals surface area contributed by atoms with Crippen LogP contribution in [0.25, 0.3) is 0 Å². The van der Waals surface area contributed by atoms with Crippen molar-refractivity contribution in [2.45, 2.75) is 0 Å². The molecule has 15 heavy (non-hydrogen) atoms. The summed E-state index contributed by atoms with van der Waals surface area (Å²) in [5, 5.41) is 5.48. The third kappa shape index (κ3) is 3.86. The maximum absolute atomic E-state index is 11.2. The van der Waals surface area contributed by atoms with Crippen LogP contribution in [0.15, 0.2) is 24.3 Å². The van der Waals surface area contributed by atoms with Gasteiger partial charge in [0, 0.05) is 40.9 Å². The Kier molecular flexibility index (Phi) is 4.54. The summed E-state index contributed by atoms with van der Waals surface area (Å²) in [6, 6.07) is 6.95. The van der Waals surface area contributed by atoms with Crippen molar-refractivity contribution in [1.29, 1.82) is 0 Å². The molecular weight excluding hydrogens is 307 g/mol. The van der Waals surface area contributed by atoms with Crippen LogP contribution in [-0.2, 0) is 4.79 Å². The second-order valence-corrected chi connectivity index (χ2v) is 4.07. The van der Waals surface area contributed by atoms with Gasteiger partial charge in [0.2, 0.25) is 3.79 Å². The fourth-order valence-electron chi connectivity index (χ4n) is 1.06. The van der Waals surface area contributed by atoms with E-state index in [9.17, 15) is 9.59 Å². The fourth-order valence-corrected chi connectivity index (χ4v) is 1.25. The van der Waals surface area contributed by atoms with E-state index in [-0.39, 0.29) is 9.70 Å². The van der Waals surface area contributed by atoms with Crippen LogP contribution in [0.4, 0.5) is 5.69 Å². The highest BCUT2D eigenvalue weighted by molar-refractivity contribution is 14.1. The van der Waals surface area contributed by atoms with Crippen molar-refractivity contribution in [1.82, 2.24) is 5.32 Å². The van der Waals surface area contributed by atoms with Gasteiger partial charge < -0.3 is 10.6 Å². The summed E-state index contributed by atoms with van der Waals surface area (Å²) < 4.78 is 0.0444. The fraction of sp³-hybridized carbons (Fsp3) is 0.200. The molecule has 0 aliphatic rings. The Labute approximate surface area is 102 Å². The molecule has 0 radical (unpaired) electrons. The Balaban J connectivity index is 2.64. The van der Waals surface area contributed by atoms with Crippen LogP contribution in [0.5, 0.6) is 0 Å². The lowest BCUT2D eigenvalue weighted by Crippen LogP contribution is -2.17. The van der Waals surface area contributed by atoms with Gasteiger partial charge in [-0.05, 0) is 24.3 Å². The summed E-state index contributed by atoms with van der Waals surface area (Å²) in [7, 11) is 1.59. The normalized spacial score (nSPS) is 9.47. The van der Waals surface area contributed by atoms with Crippen LogP contribution in [-0.4, -0.2) is 23.3 Å². The van der Waals surface area contributed by atoms with Crippen molar-refractivity contribution < 1.29 is 9.59 Å². The number of anilines is 1. The summed E-state index contributed by atoms with van der Waals surface area (Å²) in [6.07, 6.45) is 0. The summed E-state index contributed by atoms with van der Waals surface area (Å²) in [5.74, 6) is -0.119. The topological polar surface area (TPSA) is 58.2 Å². The summed E-state index contributed by atoms with van der Waals surface area (Å²) >= 11 is 1.73. The predicted molar refractivity (Wildman–Crippen MR) is 67.3 cm³/mol. The molecule has 0 aliphatic carbocycles. The molecule has 0 saturated carbocycles. The van der Waals surface area contributed by atoms with Crippen LogP contribution in [0.3, 0.4) is 0 Å². The Morgan fingerprint density at radius 1 is 1.27 bits per heavy atom. The number of benzene rings is 1. The standard InChI is InChI=1S/C10H11IN2O2/c1-12-10(15)7-2-4-8(5-3-7)13-6-9(11)14/h2-5,13H,6H2,1H3,(H,12,15). The quantitative estimate of drug-likeness (QED) is 0.652. The van der Waals surface area contributed by atoms with Crippen LogP contribution in [0, 0.1) is 0 Å². The van der Waals surface area contributed by atoms with Gasteiger partial charge in [-0.1, -0.05) is 0 Å². The molecule has 80 valence electrons. The summed E-state index contributed by atoms with van der Waals surface area (Å²) in [6.45, 7) is 0.292. The number of carbonyl (C=O) groups is 2. The highest BCUT2D eigenvalue weighted by Gasteiger charge is 2.02. The summed E-state index contributed by atoms with van der Waals surface area (Å²) in [5.41, 5.74) is 1.43. The van der Waals surface area contributed by atoms with Gasteiger partial charge >= 0.3 is 0 Å². The first-order valence-corrected chi connectivity index (χ1v) is 5.45. The minimum absolute atomic E-state index is 0.0444. The van der Waals surface area contributed by atoms with E-state index in [1.165, 1.54) is 0 Å². The lowest BCUT2D eigenvalue weighted by Gasteiger charge is -2.04. The molecule has 0 aliphatic heterocycles. The third-order valence-corrected chi connectivity index (χ3v) is 2.19. The minimum atomic E-state index is -0.119. The van der Waals surface area contributed by atoms with Gasteiger partial charge in [-0.25, -0.2) is 0 Å². The molecule has 1 aromatic carbocycles. The second kappa shape index (κ2) is 5.69. The van der Waals surface area contributed by atoms with E-state index < -0.39 is 0 Å². The van der Waals surface area contributed by atoms with E-state index in [0.29, 0.717) is 12.1 Å². The zero-order valence-corrected chi connectivity index (χ0v) is 10.4. The predicted octanol–water partition coefficient (Wildman–Crippen LogP) is 1.42. The first kappa shape index (κ1) is 12.0. The van der Waals surface area contributed by atoms with E-state index in [1.807, 2.05) is 0 Å². The van der Waals surface area contributed by atoms with Gasteiger partial charge in [-0.15, -0.1) is 0 Å². The lowest BCUT2D eigenvalue weighted by atomic mass is 10.2. The Bertz CT molecular complexity index is 362. The number of halogens is 1. The van der Waals surface area contributed by atoms with Gasteiger partial charge in [0.1, 0.15) is 0 Å². The third-order valence-electron chi connectivity index (χ3n) is 1.81. The van der Waals surface area contributed by atoms with Crippen LogP contribution in [0.2, 0.25) is 0 Å². The maximum atomic E-state index is 11.2. The van der Waals surface area contributed by atoms with Gasteiger partial charge in [0.15, 0.2) is 0 Å². The van der Waals surface area contributed by atoms with Gasteiger partial charge in [-0.2, -0.15) is 0 Å². The zero-order valence-electron chi connectivity index (χ0n) is 8.21. The van der Waals surface area contributed by atoms with Crippen LogP contribution in [0.1, 0.15) is 10.4 Å². The Hall–Kier alpha value is -1.11. The average molecular weight is 318 g/mol. The highest BCUT2D eigenvalue weighted by atomic mass is 127. The molecule has 5 heteroatoms. The van der Waals surface area contributed by atoms with Crippen molar-refractivity contribution in [3.05, 3.63) is 29.8 Å². The zero-order chi connectivity index (χ0) is 11.3. The number of rotatable bonds is 4. The van der Waals surface area contributed by atoms with Crippen molar-refractivity contribution in [2.75, 3.05) is 18.9 Å². The molecule has 0 bridgehead atoms. The monoisotopic (exact) mass is 318 g/mol. The molecule has 2 N–H and O–H groups in total.